The predicted octanol–water partition coefficient (Wildman–Crippen LogP) is 2.32. The lowest BCUT2D eigenvalue weighted by Crippen LogP contribution is -2.45. The van der Waals surface area contributed by atoms with Crippen LogP contribution in [0.15, 0.2) is 23.4 Å². The number of benzene rings is 1. The number of nitrogens with zero attached hydrogens (tertiary/aromatic N) is 5. The van der Waals surface area contributed by atoms with Crippen molar-refractivity contribution in [1.82, 2.24) is 25.5 Å². The van der Waals surface area contributed by atoms with Crippen molar-refractivity contribution in [2.24, 2.45) is 0 Å². The molecule has 1 aromatic carbocycles. The molecule has 0 atom stereocenters. The van der Waals surface area contributed by atoms with Crippen LogP contribution >= 0.6 is 11.8 Å². The van der Waals surface area contributed by atoms with Crippen LogP contribution in [0.3, 0.4) is 0 Å². The molecular weight excluding hydrogens is 336 g/mol. The van der Waals surface area contributed by atoms with Gasteiger partial charge in [0.1, 0.15) is 5.54 Å². The van der Waals surface area contributed by atoms with Crippen molar-refractivity contribution in [3.05, 3.63) is 29.3 Å². The van der Waals surface area contributed by atoms with Gasteiger partial charge in [0.2, 0.25) is 11.1 Å². The fourth-order valence-corrected chi connectivity index (χ4v) is 3.90. The Bertz CT molecular complexity index is 799. The zero-order valence-electron chi connectivity index (χ0n) is 14.3. The third kappa shape index (κ3) is 3.66. The normalized spacial score (nSPS) is 15.7. The van der Waals surface area contributed by atoms with Crippen molar-refractivity contribution in [3.63, 3.8) is 0 Å². The van der Waals surface area contributed by atoms with Gasteiger partial charge in [-0.15, -0.1) is 5.10 Å². The summed E-state index contributed by atoms with van der Waals surface area (Å²) in [5, 5.41) is 24.7. The number of nitrogens with one attached hydrogen (secondary N) is 1. The van der Waals surface area contributed by atoms with Crippen molar-refractivity contribution in [1.29, 1.82) is 5.26 Å². The summed E-state index contributed by atoms with van der Waals surface area (Å²) < 4.78 is 1.66. The molecule has 1 saturated carbocycles. The first-order valence-corrected chi connectivity index (χ1v) is 9.23. The zero-order chi connectivity index (χ0) is 17.9. The van der Waals surface area contributed by atoms with Crippen LogP contribution in [0.4, 0.5) is 0 Å². The average Bonchev–Trinajstić information content (AvgIpc) is 3.23. The fourth-order valence-electron chi connectivity index (χ4n) is 3.23. The summed E-state index contributed by atoms with van der Waals surface area (Å²) >= 11 is 1.27. The van der Waals surface area contributed by atoms with Crippen molar-refractivity contribution in [3.8, 4) is 11.8 Å². The van der Waals surface area contributed by atoms with E-state index in [1.54, 1.807) is 4.68 Å². The highest BCUT2D eigenvalue weighted by molar-refractivity contribution is 7.99. The van der Waals surface area contributed by atoms with E-state index in [1.807, 2.05) is 32.0 Å². The average molecular weight is 356 g/mol. The van der Waals surface area contributed by atoms with Crippen molar-refractivity contribution in [2.75, 3.05) is 5.75 Å². The van der Waals surface area contributed by atoms with Gasteiger partial charge in [0.25, 0.3) is 0 Å². The highest BCUT2D eigenvalue weighted by Crippen LogP contribution is 2.29. The number of rotatable bonds is 5. The Morgan fingerprint density at radius 2 is 2.04 bits per heavy atom. The summed E-state index contributed by atoms with van der Waals surface area (Å²) in [5.74, 6) is 0.0128. The Labute approximate surface area is 150 Å². The Kier molecular flexibility index (Phi) is 5.04. The van der Waals surface area contributed by atoms with Crippen LogP contribution in [0.1, 0.15) is 36.8 Å². The molecule has 1 heterocycles. The number of carbonyl (C=O) groups excluding carboxylic acids is 1. The highest BCUT2D eigenvalue weighted by atomic mass is 32.2. The quantitative estimate of drug-likeness (QED) is 0.826. The number of para-hydroxylation sites is 1. The molecule has 3 rings (SSSR count). The minimum absolute atomic E-state index is 0.162. The lowest BCUT2D eigenvalue weighted by atomic mass is 10.0. The third-order valence-corrected chi connectivity index (χ3v) is 5.39. The highest BCUT2D eigenvalue weighted by Gasteiger charge is 2.35. The molecular formula is C17H20N6OS. The van der Waals surface area contributed by atoms with Gasteiger partial charge in [0, 0.05) is 0 Å². The molecule has 0 radical (unpaired) electrons. The SMILES string of the molecule is Cc1cccc(C)c1-n1nnnc1SCC(=O)NC1(C#N)CCCC1. The van der Waals surface area contributed by atoms with Gasteiger partial charge in [-0.3, -0.25) is 4.79 Å². The first-order valence-electron chi connectivity index (χ1n) is 8.25. The second-order valence-electron chi connectivity index (χ2n) is 6.35. The number of nitriles is 1. The van der Waals surface area contributed by atoms with Crippen molar-refractivity contribution in [2.45, 2.75) is 50.2 Å². The molecule has 2 aromatic rings. The second-order valence-corrected chi connectivity index (χ2v) is 7.29. The second kappa shape index (κ2) is 7.23. The standard InChI is InChI=1S/C17H20N6OS/c1-12-6-5-7-13(2)15(12)23-16(20-21-22-23)25-10-14(24)19-17(11-18)8-3-4-9-17/h5-7H,3-4,8-10H2,1-2H3,(H,19,24). The summed E-state index contributed by atoms with van der Waals surface area (Å²) in [5.41, 5.74) is 2.36. The van der Waals surface area contributed by atoms with Crippen molar-refractivity contribution < 1.29 is 4.79 Å². The molecule has 1 aliphatic rings. The minimum Gasteiger partial charge on any atom is -0.337 e. The number of carbonyl (C=O) groups is 1. The predicted molar refractivity (Wildman–Crippen MR) is 94.3 cm³/mol. The van der Waals surface area contributed by atoms with Gasteiger partial charge in [-0.25, -0.2) is 0 Å². The number of amides is 1. The molecule has 1 N–H and O–H groups in total. The van der Waals surface area contributed by atoms with Gasteiger partial charge in [0.15, 0.2) is 0 Å². The lowest BCUT2D eigenvalue weighted by Gasteiger charge is -2.21. The molecule has 130 valence electrons. The summed E-state index contributed by atoms with van der Waals surface area (Å²) in [6.07, 6.45) is 3.40. The van der Waals surface area contributed by atoms with Gasteiger partial charge in [-0.05, 0) is 61.1 Å². The van der Waals surface area contributed by atoms with Gasteiger partial charge >= 0.3 is 0 Å². The number of tetrazole rings is 1. The first kappa shape index (κ1) is 17.4. The molecule has 7 nitrogen and oxygen atoms in total. The molecule has 0 unspecified atom stereocenters. The Morgan fingerprint density at radius 1 is 1.36 bits per heavy atom. The van der Waals surface area contributed by atoms with Crippen LogP contribution in [0.25, 0.3) is 5.69 Å². The molecule has 1 fully saturated rings. The zero-order valence-corrected chi connectivity index (χ0v) is 15.1. The molecule has 1 aliphatic carbocycles. The Hall–Kier alpha value is -2.40. The molecule has 1 aromatic heterocycles. The number of aromatic nitrogens is 4. The van der Waals surface area contributed by atoms with Gasteiger partial charge in [0.05, 0.1) is 17.5 Å². The van der Waals surface area contributed by atoms with Gasteiger partial charge < -0.3 is 5.32 Å². The van der Waals surface area contributed by atoms with E-state index in [4.69, 9.17) is 0 Å². The van der Waals surface area contributed by atoms with Crippen LogP contribution in [0.5, 0.6) is 0 Å². The van der Waals surface area contributed by atoms with E-state index in [2.05, 4.69) is 26.9 Å². The number of hydrogen-bond donors (Lipinski definition) is 1. The first-order chi connectivity index (χ1) is 12.0. The van der Waals surface area contributed by atoms with E-state index in [9.17, 15) is 10.1 Å². The van der Waals surface area contributed by atoms with E-state index in [-0.39, 0.29) is 11.7 Å². The van der Waals surface area contributed by atoms with E-state index in [1.165, 1.54) is 11.8 Å². The summed E-state index contributed by atoms with van der Waals surface area (Å²) in [6, 6.07) is 8.26. The van der Waals surface area contributed by atoms with Crippen LogP contribution in [0, 0.1) is 25.2 Å². The number of hydrogen-bond acceptors (Lipinski definition) is 6. The topological polar surface area (TPSA) is 96.5 Å². The maximum absolute atomic E-state index is 12.3. The van der Waals surface area contributed by atoms with E-state index >= 15 is 0 Å². The monoisotopic (exact) mass is 356 g/mol. The van der Waals surface area contributed by atoms with Crippen LogP contribution in [-0.4, -0.2) is 37.4 Å². The molecule has 25 heavy (non-hydrogen) atoms. The maximum atomic E-state index is 12.3. The molecule has 0 bridgehead atoms. The Morgan fingerprint density at radius 3 is 2.68 bits per heavy atom. The number of aryl methyl sites for hydroxylation is 2. The fraction of sp³-hybridized carbons (Fsp3) is 0.471. The smallest absolute Gasteiger partial charge is 0.231 e. The minimum atomic E-state index is -0.698. The maximum Gasteiger partial charge on any atom is 0.231 e. The third-order valence-electron chi connectivity index (χ3n) is 4.47. The largest absolute Gasteiger partial charge is 0.337 e. The molecule has 0 spiro atoms. The summed E-state index contributed by atoms with van der Waals surface area (Å²) in [4.78, 5) is 12.3. The van der Waals surface area contributed by atoms with E-state index in [0.29, 0.717) is 5.16 Å². The summed E-state index contributed by atoms with van der Waals surface area (Å²) in [6.45, 7) is 4.00. The summed E-state index contributed by atoms with van der Waals surface area (Å²) in [7, 11) is 0. The van der Waals surface area contributed by atoms with Crippen LogP contribution in [-0.2, 0) is 4.79 Å². The van der Waals surface area contributed by atoms with Crippen LogP contribution < -0.4 is 5.32 Å². The van der Waals surface area contributed by atoms with Gasteiger partial charge in [-0.1, -0.05) is 30.0 Å². The van der Waals surface area contributed by atoms with Crippen LogP contribution in [0.2, 0.25) is 0 Å². The Balaban J connectivity index is 1.70. The molecule has 0 saturated heterocycles. The number of thioether (sulfide) groups is 1. The van der Waals surface area contributed by atoms with Gasteiger partial charge in [-0.2, -0.15) is 9.94 Å². The molecule has 8 heteroatoms. The van der Waals surface area contributed by atoms with E-state index < -0.39 is 5.54 Å². The van der Waals surface area contributed by atoms with E-state index in [0.717, 1.165) is 42.5 Å². The lowest BCUT2D eigenvalue weighted by molar-refractivity contribution is -0.119. The van der Waals surface area contributed by atoms with Crippen molar-refractivity contribution >= 4 is 17.7 Å². The molecule has 0 aliphatic heterocycles. The molecule has 1 amide bonds.